The Kier molecular flexibility index (Phi) is 1.64. The van der Waals surface area contributed by atoms with E-state index in [1.807, 2.05) is 0 Å². The zero-order valence-corrected chi connectivity index (χ0v) is 7.04. The molecule has 1 rings (SSSR count). The molecule has 1 N–H and O–H groups in total. The maximum atomic E-state index is 10.6. The summed E-state index contributed by atoms with van der Waals surface area (Å²) in [4.78, 5) is 10.6. The number of carbonyl (C=O) groups is 1. The molecule has 1 aliphatic rings. The first kappa shape index (κ1) is 8.15. The van der Waals surface area contributed by atoms with E-state index < -0.39 is 15.7 Å². The minimum Gasteiger partial charge on any atom is -0.481 e. The fourth-order valence-corrected chi connectivity index (χ4v) is 1.99. The highest BCUT2D eigenvalue weighted by molar-refractivity contribution is 6.53. The summed E-state index contributed by atoms with van der Waals surface area (Å²) in [6.07, 6.45) is 0.865. The highest BCUT2D eigenvalue weighted by atomic mass is 35.5. The van der Waals surface area contributed by atoms with Gasteiger partial charge in [-0.15, -0.1) is 23.2 Å². The Morgan fingerprint density at radius 3 is 2.10 bits per heavy atom. The predicted octanol–water partition coefficient (Wildman–Crippen LogP) is 2.04. The van der Waals surface area contributed by atoms with Crippen LogP contribution in [0.25, 0.3) is 0 Å². The van der Waals surface area contributed by atoms with Crippen molar-refractivity contribution in [1.29, 1.82) is 0 Å². The second kappa shape index (κ2) is 2.02. The lowest BCUT2D eigenvalue weighted by Crippen LogP contribution is -2.20. The summed E-state index contributed by atoms with van der Waals surface area (Å²) in [5.41, 5.74) is -0.865. The average Bonchev–Trinajstić information content (AvgIpc) is 2.35. The van der Waals surface area contributed by atoms with Gasteiger partial charge in [0.1, 0.15) is 9.75 Å². The summed E-state index contributed by atoms with van der Waals surface area (Å²) in [5, 5.41) is 8.67. The molecular formula is C6H8Cl2O2. The van der Waals surface area contributed by atoms with Crippen LogP contribution < -0.4 is 0 Å². The van der Waals surface area contributed by atoms with Crippen molar-refractivity contribution >= 4 is 29.2 Å². The lowest BCUT2D eigenvalue weighted by molar-refractivity contribution is -0.143. The number of carboxylic acid groups (broad SMARTS) is 1. The van der Waals surface area contributed by atoms with Crippen molar-refractivity contribution in [3.05, 3.63) is 0 Å². The van der Waals surface area contributed by atoms with Gasteiger partial charge < -0.3 is 5.11 Å². The third kappa shape index (κ3) is 0.823. The molecule has 0 saturated heterocycles. The molecule has 1 fully saturated rings. The van der Waals surface area contributed by atoms with Gasteiger partial charge in [-0.1, -0.05) is 6.92 Å². The van der Waals surface area contributed by atoms with Gasteiger partial charge in [0, 0.05) is 6.42 Å². The van der Waals surface area contributed by atoms with Crippen LogP contribution in [0.2, 0.25) is 0 Å². The van der Waals surface area contributed by atoms with Crippen LogP contribution in [0.4, 0.5) is 0 Å². The summed E-state index contributed by atoms with van der Waals surface area (Å²) in [7, 11) is 0. The topological polar surface area (TPSA) is 37.3 Å². The third-order valence-electron chi connectivity index (χ3n) is 2.11. The first-order chi connectivity index (χ1) is 4.46. The van der Waals surface area contributed by atoms with Crippen LogP contribution in [0.3, 0.4) is 0 Å². The van der Waals surface area contributed by atoms with E-state index in [0.29, 0.717) is 12.8 Å². The Bertz CT molecular complexity index is 179. The molecule has 0 radical (unpaired) electrons. The number of hydrogen-bond donors (Lipinski definition) is 1. The van der Waals surface area contributed by atoms with E-state index in [-0.39, 0.29) is 0 Å². The van der Waals surface area contributed by atoms with Crippen LogP contribution in [0, 0.1) is 5.41 Å². The first-order valence-corrected chi connectivity index (χ1v) is 3.83. The molecule has 1 aliphatic carbocycles. The summed E-state index contributed by atoms with van der Waals surface area (Å²) in [5.74, 6) is -0.889. The van der Waals surface area contributed by atoms with Crippen molar-refractivity contribution in [1.82, 2.24) is 0 Å². The zero-order valence-electron chi connectivity index (χ0n) is 5.53. The van der Waals surface area contributed by atoms with Gasteiger partial charge in [-0.05, 0) is 6.42 Å². The molecule has 0 aromatic carbocycles. The van der Waals surface area contributed by atoms with E-state index in [0.717, 1.165) is 0 Å². The molecule has 58 valence electrons. The Labute approximate surface area is 69.1 Å². The molecular weight excluding hydrogens is 175 g/mol. The van der Waals surface area contributed by atoms with Gasteiger partial charge in [0.05, 0.1) is 0 Å². The van der Waals surface area contributed by atoms with Gasteiger partial charge in [-0.3, -0.25) is 4.79 Å². The van der Waals surface area contributed by atoms with Crippen LogP contribution in [0.15, 0.2) is 0 Å². The van der Waals surface area contributed by atoms with Gasteiger partial charge in [-0.25, -0.2) is 0 Å². The number of halogens is 2. The van der Waals surface area contributed by atoms with Crippen LogP contribution in [-0.2, 0) is 4.79 Å². The molecule has 0 heterocycles. The number of hydrogen-bond acceptors (Lipinski definition) is 1. The quantitative estimate of drug-likeness (QED) is 0.665. The molecule has 4 heteroatoms. The Morgan fingerprint density at radius 2 is 2.10 bits per heavy atom. The minimum absolute atomic E-state index is 0.370. The van der Waals surface area contributed by atoms with E-state index in [1.54, 1.807) is 6.92 Å². The van der Waals surface area contributed by atoms with Gasteiger partial charge in [0.2, 0.25) is 0 Å². The molecule has 0 aliphatic heterocycles. The molecule has 1 atom stereocenters. The minimum atomic E-state index is -1.02. The number of aliphatic carboxylic acids is 1. The van der Waals surface area contributed by atoms with Crippen molar-refractivity contribution in [2.75, 3.05) is 0 Å². The standard InChI is InChI=1S/C6H8Cl2O2/c1-2-5(4(9)10)3-6(5,7)8/h2-3H2,1H3,(H,9,10). The Balaban J connectivity index is 2.78. The molecule has 10 heavy (non-hydrogen) atoms. The van der Waals surface area contributed by atoms with E-state index in [9.17, 15) is 4.79 Å². The number of rotatable bonds is 2. The molecule has 0 spiro atoms. The molecule has 0 aromatic rings. The van der Waals surface area contributed by atoms with Crippen LogP contribution in [-0.4, -0.2) is 15.4 Å². The fraction of sp³-hybridized carbons (Fsp3) is 0.833. The summed E-state index contributed by atoms with van der Waals surface area (Å²) in [6, 6.07) is 0. The van der Waals surface area contributed by atoms with E-state index in [4.69, 9.17) is 28.3 Å². The molecule has 1 saturated carbocycles. The molecule has 0 bridgehead atoms. The summed E-state index contributed by atoms with van der Waals surface area (Å²) < 4.78 is -1.02. The average molecular weight is 183 g/mol. The maximum absolute atomic E-state index is 10.6. The van der Waals surface area contributed by atoms with Crippen molar-refractivity contribution in [2.45, 2.75) is 24.1 Å². The first-order valence-electron chi connectivity index (χ1n) is 3.07. The van der Waals surface area contributed by atoms with Crippen LogP contribution in [0.5, 0.6) is 0 Å². The van der Waals surface area contributed by atoms with Crippen molar-refractivity contribution in [3.63, 3.8) is 0 Å². The molecule has 1 unspecified atom stereocenters. The second-order valence-electron chi connectivity index (χ2n) is 2.62. The van der Waals surface area contributed by atoms with E-state index >= 15 is 0 Å². The normalized spacial score (nSPS) is 35.5. The van der Waals surface area contributed by atoms with Crippen LogP contribution >= 0.6 is 23.2 Å². The largest absolute Gasteiger partial charge is 0.481 e. The fourth-order valence-electron chi connectivity index (χ4n) is 1.10. The number of carboxylic acids is 1. The van der Waals surface area contributed by atoms with E-state index in [1.165, 1.54) is 0 Å². The van der Waals surface area contributed by atoms with Gasteiger partial charge in [0.15, 0.2) is 0 Å². The highest BCUT2D eigenvalue weighted by Gasteiger charge is 2.70. The highest BCUT2D eigenvalue weighted by Crippen LogP contribution is 2.65. The molecule has 0 amide bonds. The third-order valence-corrected chi connectivity index (χ3v) is 3.10. The van der Waals surface area contributed by atoms with E-state index in [2.05, 4.69) is 0 Å². The van der Waals surface area contributed by atoms with Crippen molar-refractivity contribution in [2.24, 2.45) is 5.41 Å². The Hall–Kier alpha value is 0.0500. The van der Waals surface area contributed by atoms with Gasteiger partial charge >= 0.3 is 5.97 Å². The summed E-state index contributed by atoms with van der Waals surface area (Å²) in [6.45, 7) is 1.78. The molecule has 2 nitrogen and oxygen atoms in total. The summed E-state index contributed by atoms with van der Waals surface area (Å²) >= 11 is 11.3. The number of alkyl halides is 2. The SMILES string of the molecule is CCC1(C(=O)O)CC1(Cl)Cl. The lowest BCUT2D eigenvalue weighted by atomic mass is 10.1. The molecule has 0 aromatic heterocycles. The lowest BCUT2D eigenvalue weighted by Gasteiger charge is -2.07. The van der Waals surface area contributed by atoms with Crippen LogP contribution in [0.1, 0.15) is 19.8 Å². The van der Waals surface area contributed by atoms with Crippen molar-refractivity contribution in [3.8, 4) is 0 Å². The van der Waals surface area contributed by atoms with Crippen molar-refractivity contribution < 1.29 is 9.90 Å². The second-order valence-corrected chi connectivity index (χ2v) is 4.11. The smallest absolute Gasteiger partial charge is 0.312 e. The van der Waals surface area contributed by atoms with Gasteiger partial charge in [0.25, 0.3) is 0 Å². The Morgan fingerprint density at radius 1 is 1.70 bits per heavy atom. The van der Waals surface area contributed by atoms with Gasteiger partial charge in [-0.2, -0.15) is 0 Å². The monoisotopic (exact) mass is 182 g/mol. The zero-order chi connectivity index (χ0) is 7.99. The maximum Gasteiger partial charge on any atom is 0.312 e. The predicted molar refractivity (Wildman–Crippen MR) is 39.4 cm³/mol.